The van der Waals surface area contributed by atoms with Crippen LogP contribution in [0, 0.1) is 6.92 Å². The van der Waals surface area contributed by atoms with Crippen molar-refractivity contribution in [3.8, 4) is 0 Å². The predicted molar refractivity (Wildman–Crippen MR) is 51.7 cm³/mol. The fourth-order valence-corrected chi connectivity index (χ4v) is 1.93. The second-order valence-corrected chi connectivity index (χ2v) is 4.40. The van der Waals surface area contributed by atoms with Gasteiger partial charge in [0.15, 0.2) is 5.78 Å². The summed E-state index contributed by atoms with van der Waals surface area (Å²) in [6.45, 7) is 5.39. The first-order valence-electron chi connectivity index (χ1n) is 3.80. The molecule has 0 aliphatic carbocycles. The quantitative estimate of drug-likeness (QED) is 0.712. The first-order chi connectivity index (χ1) is 5.43. The molecule has 1 heterocycles. The summed E-state index contributed by atoms with van der Waals surface area (Å²) < 4.78 is 0. The van der Waals surface area contributed by atoms with Gasteiger partial charge in [-0.05, 0) is 37.8 Å². The lowest BCUT2D eigenvalue weighted by atomic mass is 9.98. The minimum Gasteiger partial charge on any atom is -0.319 e. The summed E-state index contributed by atoms with van der Waals surface area (Å²) in [5.41, 5.74) is 5.96. The number of carbonyl (C=O) groups excluding carboxylic acids is 1. The molecule has 0 amide bonds. The van der Waals surface area contributed by atoms with Crippen molar-refractivity contribution in [2.45, 2.75) is 26.3 Å². The van der Waals surface area contributed by atoms with Gasteiger partial charge in [-0.3, -0.25) is 4.79 Å². The maximum absolute atomic E-state index is 11.6. The second-order valence-electron chi connectivity index (χ2n) is 3.48. The molecule has 0 spiro atoms. The van der Waals surface area contributed by atoms with Crippen LogP contribution >= 0.6 is 11.3 Å². The lowest BCUT2D eigenvalue weighted by Crippen LogP contribution is -2.41. The van der Waals surface area contributed by atoms with Crippen LogP contribution in [0.2, 0.25) is 0 Å². The van der Waals surface area contributed by atoms with Crippen molar-refractivity contribution in [2.75, 3.05) is 0 Å². The Balaban J connectivity index is 3.01. The SMILES string of the molecule is Cc1ccsc1C(=O)C(C)(C)N. The molecule has 0 saturated carbocycles. The molecule has 0 fully saturated rings. The summed E-state index contributed by atoms with van der Waals surface area (Å²) in [5.74, 6) is 0.0231. The molecule has 12 heavy (non-hydrogen) atoms. The van der Waals surface area contributed by atoms with Gasteiger partial charge in [-0.2, -0.15) is 0 Å². The molecule has 0 aromatic carbocycles. The Hall–Kier alpha value is -0.670. The Morgan fingerprint density at radius 2 is 2.17 bits per heavy atom. The summed E-state index contributed by atoms with van der Waals surface area (Å²) in [4.78, 5) is 12.4. The van der Waals surface area contributed by atoms with Crippen molar-refractivity contribution in [2.24, 2.45) is 5.73 Å². The van der Waals surface area contributed by atoms with Crippen LogP contribution in [0.3, 0.4) is 0 Å². The van der Waals surface area contributed by atoms with Gasteiger partial charge in [0.05, 0.1) is 10.4 Å². The van der Waals surface area contributed by atoms with Crippen molar-refractivity contribution in [1.82, 2.24) is 0 Å². The van der Waals surface area contributed by atoms with Gasteiger partial charge in [-0.15, -0.1) is 11.3 Å². The third-order valence-electron chi connectivity index (χ3n) is 1.65. The van der Waals surface area contributed by atoms with E-state index in [2.05, 4.69) is 0 Å². The standard InChI is InChI=1S/C9H13NOS/c1-6-4-5-12-7(6)8(11)9(2,3)10/h4-5H,10H2,1-3H3. The minimum absolute atomic E-state index is 0.0231. The van der Waals surface area contributed by atoms with Crippen molar-refractivity contribution in [1.29, 1.82) is 0 Å². The summed E-state index contributed by atoms with van der Waals surface area (Å²) >= 11 is 1.45. The van der Waals surface area contributed by atoms with E-state index in [1.807, 2.05) is 18.4 Å². The van der Waals surface area contributed by atoms with Gasteiger partial charge in [0.25, 0.3) is 0 Å². The van der Waals surface area contributed by atoms with Crippen molar-refractivity contribution in [3.05, 3.63) is 21.9 Å². The molecule has 66 valence electrons. The number of carbonyl (C=O) groups is 1. The molecule has 0 atom stereocenters. The van der Waals surface area contributed by atoms with Gasteiger partial charge in [-0.1, -0.05) is 0 Å². The van der Waals surface area contributed by atoms with Gasteiger partial charge in [0.2, 0.25) is 0 Å². The molecular formula is C9H13NOS. The maximum Gasteiger partial charge on any atom is 0.192 e. The van der Waals surface area contributed by atoms with E-state index < -0.39 is 5.54 Å². The second kappa shape index (κ2) is 2.99. The summed E-state index contributed by atoms with van der Waals surface area (Å²) in [6.07, 6.45) is 0. The van der Waals surface area contributed by atoms with E-state index in [0.29, 0.717) is 0 Å². The van der Waals surface area contributed by atoms with Crippen molar-refractivity contribution >= 4 is 17.1 Å². The molecule has 1 aromatic rings. The highest BCUT2D eigenvalue weighted by Crippen LogP contribution is 2.20. The van der Waals surface area contributed by atoms with Crippen molar-refractivity contribution in [3.63, 3.8) is 0 Å². The Bertz CT molecular complexity index is 296. The van der Waals surface area contributed by atoms with Crippen LogP contribution in [-0.2, 0) is 0 Å². The van der Waals surface area contributed by atoms with E-state index in [-0.39, 0.29) is 5.78 Å². The molecule has 0 bridgehead atoms. The molecular weight excluding hydrogens is 170 g/mol. The van der Waals surface area contributed by atoms with Crippen LogP contribution in [0.25, 0.3) is 0 Å². The van der Waals surface area contributed by atoms with E-state index in [1.54, 1.807) is 13.8 Å². The van der Waals surface area contributed by atoms with E-state index in [4.69, 9.17) is 5.73 Å². The van der Waals surface area contributed by atoms with Crippen LogP contribution in [0.5, 0.6) is 0 Å². The largest absolute Gasteiger partial charge is 0.319 e. The lowest BCUT2D eigenvalue weighted by Gasteiger charge is -2.15. The van der Waals surface area contributed by atoms with E-state index in [1.165, 1.54) is 11.3 Å². The molecule has 2 nitrogen and oxygen atoms in total. The minimum atomic E-state index is -0.754. The average molecular weight is 183 g/mol. The van der Waals surface area contributed by atoms with E-state index >= 15 is 0 Å². The molecule has 1 aromatic heterocycles. The average Bonchev–Trinajstić information content (AvgIpc) is 2.31. The zero-order chi connectivity index (χ0) is 9.35. The highest BCUT2D eigenvalue weighted by Gasteiger charge is 2.25. The fraction of sp³-hybridized carbons (Fsp3) is 0.444. The topological polar surface area (TPSA) is 43.1 Å². The summed E-state index contributed by atoms with van der Waals surface area (Å²) in [5, 5.41) is 1.91. The van der Waals surface area contributed by atoms with E-state index in [0.717, 1.165) is 10.4 Å². The number of nitrogens with two attached hydrogens (primary N) is 1. The molecule has 0 radical (unpaired) electrons. The highest BCUT2D eigenvalue weighted by molar-refractivity contribution is 7.12. The Labute approximate surface area is 76.4 Å². The number of hydrogen-bond acceptors (Lipinski definition) is 3. The van der Waals surface area contributed by atoms with Crippen LogP contribution in [-0.4, -0.2) is 11.3 Å². The number of thiophene rings is 1. The normalized spacial score (nSPS) is 11.7. The maximum atomic E-state index is 11.6. The predicted octanol–water partition coefficient (Wildman–Crippen LogP) is 1.98. The summed E-state index contributed by atoms with van der Waals surface area (Å²) in [7, 11) is 0. The first kappa shape index (κ1) is 9.42. The van der Waals surface area contributed by atoms with Gasteiger partial charge in [0.1, 0.15) is 0 Å². The summed E-state index contributed by atoms with van der Waals surface area (Å²) in [6, 6.07) is 1.93. The van der Waals surface area contributed by atoms with Crippen LogP contribution < -0.4 is 5.73 Å². The number of hydrogen-bond donors (Lipinski definition) is 1. The molecule has 2 N–H and O–H groups in total. The number of aryl methyl sites for hydroxylation is 1. The number of ketones is 1. The van der Waals surface area contributed by atoms with Gasteiger partial charge >= 0.3 is 0 Å². The fourth-order valence-electron chi connectivity index (χ4n) is 0.898. The van der Waals surface area contributed by atoms with Crippen molar-refractivity contribution < 1.29 is 4.79 Å². The van der Waals surface area contributed by atoms with Gasteiger partial charge < -0.3 is 5.73 Å². The molecule has 0 aliphatic heterocycles. The Morgan fingerprint density at radius 3 is 2.50 bits per heavy atom. The van der Waals surface area contributed by atoms with Gasteiger partial charge in [-0.25, -0.2) is 0 Å². The zero-order valence-electron chi connectivity index (χ0n) is 7.55. The highest BCUT2D eigenvalue weighted by atomic mass is 32.1. The number of Topliss-reactive ketones (excluding diaryl/α,β-unsaturated/α-hetero) is 1. The first-order valence-corrected chi connectivity index (χ1v) is 4.68. The Morgan fingerprint density at radius 1 is 1.58 bits per heavy atom. The van der Waals surface area contributed by atoms with Crippen LogP contribution in [0.1, 0.15) is 29.1 Å². The lowest BCUT2D eigenvalue weighted by molar-refractivity contribution is 0.0917. The van der Waals surface area contributed by atoms with Gasteiger partial charge in [0, 0.05) is 0 Å². The molecule has 0 aliphatic rings. The van der Waals surface area contributed by atoms with Crippen LogP contribution in [0.4, 0.5) is 0 Å². The third-order valence-corrected chi connectivity index (χ3v) is 2.67. The van der Waals surface area contributed by atoms with Crippen LogP contribution in [0.15, 0.2) is 11.4 Å². The molecule has 0 saturated heterocycles. The third kappa shape index (κ3) is 1.73. The van der Waals surface area contributed by atoms with E-state index in [9.17, 15) is 4.79 Å². The Kier molecular flexibility index (Phi) is 2.35. The molecule has 1 rings (SSSR count). The zero-order valence-corrected chi connectivity index (χ0v) is 8.37. The monoisotopic (exact) mass is 183 g/mol. The number of rotatable bonds is 2. The smallest absolute Gasteiger partial charge is 0.192 e. The molecule has 0 unspecified atom stereocenters. The molecule has 3 heteroatoms.